The molecule has 0 aliphatic heterocycles. The fraction of sp³-hybridized carbons (Fsp3) is 0.571. The van der Waals surface area contributed by atoms with Gasteiger partial charge in [0.25, 0.3) is 6.01 Å². The molecule has 0 spiro atoms. The van der Waals surface area contributed by atoms with Crippen molar-refractivity contribution in [2.75, 3.05) is 0 Å². The Morgan fingerprint density at radius 3 is 2.60 bits per heavy atom. The van der Waals surface area contributed by atoms with Gasteiger partial charge in [0, 0.05) is 12.4 Å². The first-order chi connectivity index (χ1) is 4.58. The van der Waals surface area contributed by atoms with E-state index < -0.39 is 0 Å². The van der Waals surface area contributed by atoms with Crippen molar-refractivity contribution < 1.29 is 4.74 Å². The minimum Gasteiger partial charge on any atom is -0.459 e. The summed E-state index contributed by atoms with van der Waals surface area (Å²) in [5.41, 5.74) is -0.169. The summed E-state index contributed by atoms with van der Waals surface area (Å²) < 4.78 is 5.38. The lowest BCUT2D eigenvalue weighted by molar-refractivity contribution is 0.118. The number of hydrogen-bond donors (Lipinski definition) is 1. The van der Waals surface area contributed by atoms with Gasteiger partial charge in [-0.2, -0.15) is 0 Å². The van der Waals surface area contributed by atoms with Gasteiger partial charge < -0.3 is 9.72 Å². The molecule has 0 atom stereocenters. The van der Waals surface area contributed by atoms with Gasteiger partial charge in [-0.05, 0) is 20.8 Å². The van der Waals surface area contributed by atoms with E-state index in [1.165, 1.54) is 0 Å². The van der Waals surface area contributed by atoms with Crippen LogP contribution in [0.1, 0.15) is 20.8 Å². The van der Waals surface area contributed by atoms with Crippen molar-refractivity contribution in [3.05, 3.63) is 12.4 Å². The molecule has 0 radical (unpaired) electrons. The molecule has 0 aliphatic carbocycles. The first-order valence-corrected chi connectivity index (χ1v) is 3.26. The maximum atomic E-state index is 5.38. The van der Waals surface area contributed by atoms with Crippen LogP contribution >= 0.6 is 0 Å². The van der Waals surface area contributed by atoms with E-state index in [1.54, 1.807) is 12.4 Å². The molecule has 0 aromatic carbocycles. The van der Waals surface area contributed by atoms with Crippen LogP contribution in [0.4, 0.5) is 0 Å². The van der Waals surface area contributed by atoms with Gasteiger partial charge in [-0.3, -0.25) is 0 Å². The normalized spacial score (nSPS) is 11.5. The average molecular weight is 140 g/mol. The smallest absolute Gasteiger partial charge is 0.294 e. The van der Waals surface area contributed by atoms with Crippen LogP contribution in [0.5, 0.6) is 6.01 Å². The van der Waals surface area contributed by atoms with Crippen molar-refractivity contribution in [2.24, 2.45) is 0 Å². The number of imidazole rings is 1. The first kappa shape index (κ1) is 7.12. The van der Waals surface area contributed by atoms with Crippen molar-refractivity contribution in [3.8, 4) is 6.01 Å². The monoisotopic (exact) mass is 140 g/mol. The Labute approximate surface area is 60.4 Å². The SMILES string of the molecule is CC(C)(C)Oc1ncc[nH]1. The quantitative estimate of drug-likeness (QED) is 0.643. The van der Waals surface area contributed by atoms with Crippen molar-refractivity contribution in [1.29, 1.82) is 0 Å². The molecule has 3 heteroatoms. The highest BCUT2D eigenvalue weighted by molar-refractivity contribution is 4.94. The third kappa shape index (κ3) is 2.09. The largest absolute Gasteiger partial charge is 0.459 e. The lowest BCUT2D eigenvalue weighted by Gasteiger charge is -2.18. The van der Waals surface area contributed by atoms with Crippen molar-refractivity contribution >= 4 is 0 Å². The minimum atomic E-state index is -0.169. The summed E-state index contributed by atoms with van der Waals surface area (Å²) in [6.45, 7) is 5.94. The maximum Gasteiger partial charge on any atom is 0.294 e. The van der Waals surface area contributed by atoms with Gasteiger partial charge in [0.1, 0.15) is 5.60 Å². The van der Waals surface area contributed by atoms with E-state index in [9.17, 15) is 0 Å². The molecule has 0 aliphatic rings. The van der Waals surface area contributed by atoms with E-state index in [0.717, 1.165) is 0 Å². The second-order valence-electron chi connectivity index (χ2n) is 3.11. The van der Waals surface area contributed by atoms with Crippen molar-refractivity contribution in [1.82, 2.24) is 9.97 Å². The second-order valence-corrected chi connectivity index (χ2v) is 3.11. The molecule has 10 heavy (non-hydrogen) atoms. The molecule has 1 rings (SSSR count). The van der Waals surface area contributed by atoms with E-state index in [-0.39, 0.29) is 5.60 Å². The molecule has 1 aromatic heterocycles. The average Bonchev–Trinajstić information content (AvgIpc) is 2.12. The number of hydrogen-bond acceptors (Lipinski definition) is 2. The molecular weight excluding hydrogens is 128 g/mol. The molecule has 1 N–H and O–H groups in total. The first-order valence-electron chi connectivity index (χ1n) is 3.26. The summed E-state index contributed by atoms with van der Waals surface area (Å²) >= 11 is 0. The number of aromatic nitrogens is 2. The third-order valence-electron chi connectivity index (χ3n) is 0.876. The highest BCUT2D eigenvalue weighted by Gasteiger charge is 2.12. The fourth-order valence-corrected chi connectivity index (χ4v) is 0.597. The summed E-state index contributed by atoms with van der Waals surface area (Å²) in [6.07, 6.45) is 3.40. The highest BCUT2D eigenvalue weighted by atomic mass is 16.5. The summed E-state index contributed by atoms with van der Waals surface area (Å²) in [5.74, 6) is 0. The molecular formula is C7H12N2O. The number of rotatable bonds is 1. The summed E-state index contributed by atoms with van der Waals surface area (Å²) in [7, 11) is 0. The number of nitrogens with zero attached hydrogens (tertiary/aromatic N) is 1. The zero-order valence-corrected chi connectivity index (χ0v) is 6.51. The van der Waals surface area contributed by atoms with Crippen LogP contribution in [0.15, 0.2) is 12.4 Å². The zero-order valence-electron chi connectivity index (χ0n) is 6.51. The number of H-pyrrole nitrogens is 1. The third-order valence-corrected chi connectivity index (χ3v) is 0.876. The Morgan fingerprint density at radius 2 is 2.20 bits per heavy atom. The molecule has 0 saturated carbocycles. The predicted octanol–water partition coefficient (Wildman–Crippen LogP) is 1.59. The number of ether oxygens (including phenoxy) is 1. The van der Waals surface area contributed by atoms with Gasteiger partial charge in [0.05, 0.1) is 0 Å². The van der Waals surface area contributed by atoms with E-state index in [2.05, 4.69) is 9.97 Å². The van der Waals surface area contributed by atoms with Crippen LogP contribution < -0.4 is 4.74 Å². The Hall–Kier alpha value is -0.990. The molecule has 0 amide bonds. The van der Waals surface area contributed by atoms with Crippen molar-refractivity contribution in [3.63, 3.8) is 0 Å². The van der Waals surface area contributed by atoms with Crippen LogP contribution in [0, 0.1) is 0 Å². The predicted molar refractivity (Wildman–Crippen MR) is 39.0 cm³/mol. The van der Waals surface area contributed by atoms with E-state index >= 15 is 0 Å². The minimum absolute atomic E-state index is 0.169. The Kier molecular flexibility index (Phi) is 1.66. The molecule has 56 valence electrons. The zero-order chi connectivity index (χ0) is 7.61. The standard InChI is InChI=1S/C7H12N2O/c1-7(2,3)10-6-8-4-5-9-6/h4-5H,1-3H3,(H,8,9). The van der Waals surface area contributed by atoms with Gasteiger partial charge >= 0.3 is 0 Å². The van der Waals surface area contributed by atoms with Gasteiger partial charge in [-0.1, -0.05) is 0 Å². The van der Waals surface area contributed by atoms with Crippen LogP contribution in [-0.2, 0) is 0 Å². The highest BCUT2D eigenvalue weighted by Crippen LogP contribution is 2.10. The molecule has 0 bridgehead atoms. The Balaban J connectivity index is 2.57. The van der Waals surface area contributed by atoms with Crippen LogP contribution in [0.2, 0.25) is 0 Å². The molecule has 0 unspecified atom stereocenters. The van der Waals surface area contributed by atoms with E-state index in [0.29, 0.717) is 6.01 Å². The van der Waals surface area contributed by atoms with Crippen LogP contribution in [0.25, 0.3) is 0 Å². The number of aromatic amines is 1. The van der Waals surface area contributed by atoms with Gasteiger partial charge in [-0.15, -0.1) is 0 Å². The fourth-order valence-electron chi connectivity index (χ4n) is 0.597. The topological polar surface area (TPSA) is 37.9 Å². The summed E-state index contributed by atoms with van der Waals surface area (Å²) in [4.78, 5) is 6.78. The molecule has 1 heterocycles. The molecule has 0 saturated heterocycles. The van der Waals surface area contributed by atoms with Crippen LogP contribution in [0.3, 0.4) is 0 Å². The van der Waals surface area contributed by atoms with Gasteiger partial charge in [0.15, 0.2) is 0 Å². The maximum absolute atomic E-state index is 5.38. The van der Waals surface area contributed by atoms with Gasteiger partial charge in [0.2, 0.25) is 0 Å². The lowest BCUT2D eigenvalue weighted by atomic mass is 10.2. The Morgan fingerprint density at radius 1 is 1.50 bits per heavy atom. The van der Waals surface area contributed by atoms with Crippen LogP contribution in [-0.4, -0.2) is 15.6 Å². The van der Waals surface area contributed by atoms with Gasteiger partial charge in [-0.25, -0.2) is 4.98 Å². The summed E-state index contributed by atoms with van der Waals surface area (Å²) in [6, 6.07) is 0.576. The molecule has 0 fully saturated rings. The lowest BCUT2D eigenvalue weighted by Crippen LogP contribution is -2.23. The molecule has 3 nitrogen and oxygen atoms in total. The van der Waals surface area contributed by atoms with Crippen molar-refractivity contribution in [2.45, 2.75) is 26.4 Å². The summed E-state index contributed by atoms with van der Waals surface area (Å²) in [5, 5.41) is 0. The number of nitrogens with one attached hydrogen (secondary N) is 1. The second kappa shape index (κ2) is 2.33. The van der Waals surface area contributed by atoms with E-state index in [1.807, 2.05) is 20.8 Å². The molecule has 1 aromatic rings. The van der Waals surface area contributed by atoms with E-state index in [4.69, 9.17) is 4.74 Å². The Bertz CT molecular complexity index is 186.